The number of hydrogen-bond donors (Lipinski definition) is 2. The second-order valence-corrected chi connectivity index (χ2v) is 8.50. The molecule has 4 aromatic rings. The molecule has 170 valence electrons. The van der Waals surface area contributed by atoms with Gasteiger partial charge in [-0.2, -0.15) is 8.78 Å². The monoisotopic (exact) mass is 470 g/mol. The minimum atomic E-state index is -2.89. The Morgan fingerprint density at radius 2 is 1.97 bits per heavy atom. The lowest BCUT2D eigenvalue weighted by molar-refractivity contribution is -0.129. The Morgan fingerprint density at radius 3 is 2.76 bits per heavy atom. The van der Waals surface area contributed by atoms with E-state index in [1.807, 2.05) is 23.1 Å². The maximum Gasteiger partial charge on any atom is 0.387 e. The van der Waals surface area contributed by atoms with E-state index in [4.69, 9.17) is 5.84 Å². The van der Waals surface area contributed by atoms with Crippen LogP contribution < -0.4 is 10.6 Å². The summed E-state index contributed by atoms with van der Waals surface area (Å²) >= 11 is 1.20. The average molecular weight is 471 g/mol. The lowest BCUT2D eigenvalue weighted by Gasteiger charge is -2.27. The van der Waals surface area contributed by atoms with Crippen LogP contribution in [-0.4, -0.2) is 49.6 Å². The summed E-state index contributed by atoms with van der Waals surface area (Å²) in [7, 11) is 0. The molecule has 11 heteroatoms. The Labute approximate surface area is 191 Å². The third kappa shape index (κ3) is 4.23. The summed E-state index contributed by atoms with van der Waals surface area (Å²) < 4.78 is 30.3. The number of nitrogen functional groups attached to an aromatic ring is 1. The zero-order valence-electron chi connectivity index (χ0n) is 17.4. The molecule has 1 amide bonds. The van der Waals surface area contributed by atoms with E-state index in [0.717, 1.165) is 17.3 Å². The van der Waals surface area contributed by atoms with Crippen molar-refractivity contribution in [1.29, 1.82) is 0 Å². The number of nitrogens with two attached hydrogens (primary N) is 1. The first-order chi connectivity index (χ1) is 16.0. The zero-order chi connectivity index (χ0) is 22.9. The zero-order valence-corrected chi connectivity index (χ0v) is 18.2. The molecule has 0 aliphatic carbocycles. The van der Waals surface area contributed by atoms with Gasteiger partial charge >= 0.3 is 6.61 Å². The molecule has 0 saturated carbocycles. The number of H-pyrrole nitrogens is 1. The van der Waals surface area contributed by atoms with Gasteiger partial charge in [0.2, 0.25) is 11.1 Å². The van der Waals surface area contributed by atoms with Crippen LogP contribution in [0.4, 0.5) is 8.78 Å². The summed E-state index contributed by atoms with van der Waals surface area (Å²) in [5, 5.41) is 9.68. The van der Waals surface area contributed by atoms with E-state index in [1.54, 1.807) is 12.1 Å². The number of rotatable bonds is 6. The third-order valence-electron chi connectivity index (χ3n) is 5.56. The number of halogens is 2. The number of fused-ring (bicyclic) bond motifs is 3. The smallest absolute Gasteiger partial charge is 0.387 e. The maximum absolute atomic E-state index is 12.9. The number of hydrogen-bond acceptors (Lipinski definition) is 6. The molecule has 5 rings (SSSR count). The predicted molar refractivity (Wildman–Crippen MR) is 120 cm³/mol. The van der Waals surface area contributed by atoms with E-state index in [1.165, 1.54) is 39.8 Å². The van der Waals surface area contributed by atoms with Crippen LogP contribution in [0.25, 0.3) is 22.3 Å². The van der Waals surface area contributed by atoms with Crippen LogP contribution in [0.2, 0.25) is 0 Å². The van der Waals surface area contributed by atoms with E-state index in [9.17, 15) is 13.6 Å². The maximum atomic E-state index is 12.9. The predicted octanol–water partition coefficient (Wildman–Crippen LogP) is 3.42. The molecule has 8 nitrogen and oxygen atoms in total. The molecule has 0 spiro atoms. The van der Waals surface area contributed by atoms with Gasteiger partial charge in [-0.05, 0) is 30.3 Å². The lowest BCUT2D eigenvalue weighted by atomic mass is 10.0. The minimum Gasteiger partial charge on any atom is -0.435 e. The molecule has 0 atom stereocenters. The molecule has 0 unspecified atom stereocenters. The van der Waals surface area contributed by atoms with Gasteiger partial charge < -0.3 is 20.5 Å². The van der Waals surface area contributed by atoms with Crippen molar-refractivity contribution in [1.82, 2.24) is 24.8 Å². The number of nitrogens with zero attached hydrogens (tertiary/aromatic N) is 4. The lowest BCUT2D eigenvalue weighted by Crippen LogP contribution is -2.37. The summed E-state index contributed by atoms with van der Waals surface area (Å²) in [4.78, 5) is 18.2. The Bertz CT molecular complexity index is 1300. The van der Waals surface area contributed by atoms with Gasteiger partial charge in [-0.3, -0.25) is 4.79 Å². The highest BCUT2D eigenvalue weighted by atomic mass is 32.2. The molecular weight excluding hydrogens is 450 g/mol. The van der Waals surface area contributed by atoms with Crippen LogP contribution in [0.1, 0.15) is 11.3 Å². The summed E-state index contributed by atoms with van der Waals surface area (Å²) in [5.41, 5.74) is 4.03. The van der Waals surface area contributed by atoms with Crippen molar-refractivity contribution in [2.45, 2.75) is 24.7 Å². The molecule has 1 aliphatic heterocycles. The fraction of sp³-hybridized carbons (Fsp3) is 0.227. The number of amides is 1. The standard InChI is InChI=1S/C22H20F2N6O2S/c23-21(24)32-14-7-5-13(6-8-14)20-27-28-22(30(20)25)33-12-19(31)29-10-9-18-16(11-29)15-3-1-2-4-17(15)26-18/h1-8,21,26H,9-12,25H2. The minimum absolute atomic E-state index is 0.00557. The number of aromatic amines is 1. The Kier molecular flexibility index (Phi) is 5.63. The Morgan fingerprint density at radius 1 is 1.18 bits per heavy atom. The molecule has 3 N–H and O–H groups in total. The van der Waals surface area contributed by atoms with Gasteiger partial charge in [-0.25, -0.2) is 4.68 Å². The van der Waals surface area contributed by atoms with Gasteiger partial charge in [-0.1, -0.05) is 30.0 Å². The topological polar surface area (TPSA) is 102 Å². The van der Waals surface area contributed by atoms with E-state index < -0.39 is 6.61 Å². The van der Waals surface area contributed by atoms with Gasteiger partial charge in [0.25, 0.3) is 0 Å². The second-order valence-electron chi connectivity index (χ2n) is 7.56. The molecule has 0 fully saturated rings. The average Bonchev–Trinajstić information content (AvgIpc) is 3.37. The van der Waals surface area contributed by atoms with Crippen LogP contribution in [0.5, 0.6) is 5.75 Å². The van der Waals surface area contributed by atoms with Crippen molar-refractivity contribution >= 4 is 28.6 Å². The van der Waals surface area contributed by atoms with Crippen molar-refractivity contribution in [3.8, 4) is 17.1 Å². The van der Waals surface area contributed by atoms with E-state index in [0.29, 0.717) is 29.6 Å². The fourth-order valence-corrected chi connectivity index (χ4v) is 4.71. The Hall–Kier alpha value is -3.60. The number of thioether (sulfide) groups is 1. The van der Waals surface area contributed by atoms with Crippen molar-refractivity contribution in [2.24, 2.45) is 0 Å². The fourth-order valence-electron chi connectivity index (χ4n) is 3.95. The summed E-state index contributed by atoms with van der Waals surface area (Å²) in [6.45, 7) is -1.68. The first kappa shape index (κ1) is 21.3. The van der Waals surface area contributed by atoms with Crippen molar-refractivity contribution < 1.29 is 18.3 Å². The van der Waals surface area contributed by atoms with Gasteiger partial charge in [0.05, 0.1) is 5.75 Å². The number of benzene rings is 2. The summed E-state index contributed by atoms with van der Waals surface area (Å²) in [6, 6.07) is 14.0. The molecular formula is C22H20F2N6O2S. The highest BCUT2D eigenvalue weighted by molar-refractivity contribution is 7.99. The molecule has 0 saturated heterocycles. The third-order valence-corrected chi connectivity index (χ3v) is 6.49. The van der Waals surface area contributed by atoms with Crippen molar-refractivity contribution in [2.75, 3.05) is 18.1 Å². The van der Waals surface area contributed by atoms with Crippen molar-refractivity contribution in [3.05, 3.63) is 59.8 Å². The van der Waals surface area contributed by atoms with Gasteiger partial charge in [0.1, 0.15) is 5.75 Å². The highest BCUT2D eigenvalue weighted by Crippen LogP contribution is 2.29. The molecule has 1 aliphatic rings. The van der Waals surface area contributed by atoms with E-state index in [-0.39, 0.29) is 17.4 Å². The molecule has 2 aromatic heterocycles. The van der Waals surface area contributed by atoms with Crippen LogP contribution in [-0.2, 0) is 17.8 Å². The van der Waals surface area contributed by atoms with Gasteiger partial charge in [0.15, 0.2) is 5.82 Å². The number of para-hydroxylation sites is 1. The molecule has 0 radical (unpaired) electrons. The molecule has 2 aromatic carbocycles. The van der Waals surface area contributed by atoms with Crippen LogP contribution in [0.3, 0.4) is 0 Å². The highest BCUT2D eigenvalue weighted by Gasteiger charge is 2.24. The van der Waals surface area contributed by atoms with Crippen molar-refractivity contribution in [3.63, 3.8) is 0 Å². The Balaban J connectivity index is 1.24. The number of nitrogens with one attached hydrogen (secondary N) is 1. The second kappa shape index (κ2) is 8.74. The van der Waals surface area contributed by atoms with Crippen LogP contribution >= 0.6 is 11.8 Å². The van der Waals surface area contributed by atoms with Gasteiger partial charge in [-0.15, -0.1) is 10.2 Å². The summed E-state index contributed by atoms with van der Waals surface area (Å²) in [5.74, 6) is 6.69. The first-order valence-electron chi connectivity index (χ1n) is 10.2. The number of ether oxygens (including phenoxy) is 1. The largest absolute Gasteiger partial charge is 0.435 e. The number of alkyl halides is 2. The first-order valence-corrected chi connectivity index (χ1v) is 11.2. The molecule has 3 heterocycles. The number of aromatic nitrogens is 4. The van der Waals surface area contributed by atoms with Crippen LogP contribution in [0.15, 0.2) is 53.7 Å². The number of carbonyl (C=O) groups is 1. The van der Waals surface area contributed by atoms with Gasteiger partial charge in [0, 0.05) is 47.2 Å². The van der Waals surface area contributed by atoms with Crippen LogP contribution in [0, 0.1) is 0 Å². The SMILES string of the molecule is Nn1c(SCC(=O)N2CCc3[nH]c4ccccc4c3C2)nnc1-c1ccc(OC(F)F)cc1. The number of carbonyl (C=O) groups excluding carboxylic acids is 1. The molecule has 0 bridgehead atoms. The van der Waals surface area contributed by atoms with E-state index in [2.05, 4.69) is 26.0 Å². The molecule has 33 heavy (non-hydrogen) atoms. The van der Waals surface area contributed by atoms with E-state index >= 15 is 0 Å². The summed E-state index contributed by atoms with van der Waals surface area (Å²) in [6.07, 6.45) is 0.781. The quantitative estimate of drug-likeness (QED) is 0.331. The normalized spacial score (nSPS) is 13.5.